The number of rotatable bonds is 20. The summed E-state index contributed by atoms with van der Waals surface area (Å²) < 4.78 is 41.2. The van der Waals surface area contributed by atoms with Crippen molar-refractivity contribution in [2.75, 3.05) is 26.9 Å². The first-order chi connectivity index (χ1) is 29.9. The molecule has 0 aromatic heterocycles. The minimum atomic E-state index is -1.43. The van der Waals surface area contributed by atoms with Gasteiger partial charge in [0.1, 0.15) is 43.2 Å². The van der Waals surface area contributed by atoms with E-state index in [0.29, 0.717) is 35.6 Å². The van der Waals surface area contributed by atoms with E-state index in [1.807, 2.05) is 78.9 Å². The minimum absolute atomic E-state index is 0.0238. The molecule has 61 heavy (non-hydrogen) atoms. The Labute approximate surface area is 358 Å². The van der Waals surface area contributed by atoms with Crippen molar-refractivity contribution in [2.24, 2.45) is 22.9 Å². The second-order valence-corrected chi connectivity index (χ2v) is 16.1. The molecule has 11 heteroatoms. The third-order valence-electron chi connectivity index (χ3n) is 12.2. The Hall–Kier alpha value is -5.49. The van der Waals surface area contributed by atoms with Crippen molar-refractivity contribution in [2.45, 2.75) is 82.5 Å². The summed E-state index contributed by atoms with van der Waals surface area (Å²) in [5.41, 5.74) is 4.75. The van der Waals surface area contributed by atoms with Crippen LogP contribution >= 0.6 is 0 Å². The van der Waals surface area contributed by atoms with Gasteiger partial charge in [-0.2, -0.15) is 0 Å². The van der Waals surface area contributed by atoms with Gasteiger partial charge in [0.05, 0.1) is 18.2 Å². The predicted octanol–water partition coefficient (Wildman–Crippen LogP) is 9.51. The molecule has 4 aromatic carbocycles. The van der Waals surface area contributed by atoms with Crippen LogP contribution in [-0.4, -0.2) is 65.6 Å². The van der Waals surface area contributed by atoms with Gasteiger partial charge in [0.25, 0.3) is 0 Å². The van der Waals surface area contributed by atoms with E-state index in [-0.39, 0.29) is 69.6 Å². The lowest BCUT2D eigenvalue weighted by Crippen LogP contribution is -2.69. The largest absolute Gasteiger partial charge is 0.489 e. The van der Waals surface area contributed by atoms with Gasteiger partial charge in [-0.15, -0.1) is 6.58 Å². The number of aliphatic hydroxyl groups is 2. The van der Waals surface area contributed by atoms with Crippen LogP contribution in [0.3, 0.4) is 0 Å². The van der Waals surface area contributed by atoms with E-state index in [1.54, 1.807) is 36.2 Å². The van der Waals surface area contributed by atoms with E-state index in [4.69, 9.17) is 28.9 Å². The lowest BCUT2D eigenvalue weighted by molar-refractivity contribution is -0.253. The highest BCUT2D eigenvalue weighted by Gasteiger charge is 2.65. The van der Waals surface area contributed by atoms with Gasteiger partial charge in [-0.25, -0.2) is 9.18 Å². The van der Waals surface area contributed by atoms with Gasteiger partial charge in [0.2, 0.25) is 5.79 Å². The van der Waals surface area contributed by atoms with Gasteiger partial charge in [0.15, 0.2) is 0 Å². The number of benzene rings is 4. The van der Waals surface area contributed by atoms with Gasteiger partial charge < -0.3 is 38.9 Å². The molecule has 1 aliphatic heterocycles. The Kier molecular flexibility index (Phi) is 14.9. The average molecular weight is 833 g/mol. The molecule has 1 heterocycles. The first-order valence-corrected chi connectivity index (χ1v) is 21.4. The number of carbonyl (C=O) groups excluding carboxylic acids is 1. The van der Waals surface area contributed by atoms with Crippen molar-refractivity contribution >= 4 is 11.8 Å². The zero-order valence-electron chi connectivity index (χ0n) is 34.9. The lowest BCUT2D eigenvalue weighted by Gasteiger charge is -2.59. The number of nitrogens with zero attached hydrogens (tertiary/aromatic N) is 2. The molecule has 1 fully saturated rings. The number of halogens is 1. The molecule has 0 spiro atoms. The van der Waals surface area contributed by atoms with Crippen molar-refractivity contribution in [3.05, 3.63) is 156 Å². The summed E-state index contributed by atoms with van der Waals surface area (Å²) >= 11 is 0. The van der Waals surface area contributed by atoms with E-state index in [9.17, 15) is 19.4 Å². The normalized spacial score (nSPS) is 23.2. The van der Waals surface area contributed by atoms with Crippen LogP contribution in [0.1, 0.15) is 73.1 Å². The number of hydrogen-bond acceptors (Lipinski definition) is 9. The Morgan fingerprint density at radius 3 is 2.30 bits per heavy atom. The van der Waals surface area contributed by atoms with Crippen molar-refractivity contribution < 1.29 is 43.2 Å². The summed E-state index contributed by atoms with van der Waals surface area (Å²) in [6.45, 7) is 4.66. The summed E-state index contributed by atoms with van der Waals surface area (Å²) in [5.74, 6) is -1.31. The smallest absolute Gasteiger partial charge is 0.410 e. The van der Waals surface area contributed by atoms with Gasteiger partial charge in [-0.3, -0.25) is 0 Å². The topological polar surface area (TPSA) is 119 Å². The molecule has 6 unspecified atom stereocenters. The molecule has 0 radical (unpaired) electrons. The average Bonchev–Trinajstić information content (AvgIpc) is 3.29. The molecule has 2 N–H and O–H groups in total. The number of allylic oxidation sites excluding steroid dienone is 1. The highest BCUT2D eigenvalue weighted by atomic mass is 19.1. The molecule has 7 rings (SSSR count). The van der Waals surface area contributed by atoms with E-state index < -0.39 is 23.8 Å². The maximum atomic E-state index is 14.7. The molecule has 1 amide bonds. The number of hydrogen-bond donors (Lipinski definition) is 2. The maximum Gasteiger partial charge on any atom is 0.410 e. The van der Waals surface area contributed by atoms with E-state index in [1.165, 1.54) is 6.07 Å². The van der Waals surface area contributed by atoms with Crippen LogP contribution in [0.25, 0.3) is 0 Å². The molecular weight excluding hydrogens is 776 g/mol. The monoisotopic (exact) mass is 832 g/mol. The summed E-state index contributed by atoms with van der Waals surface area (Å²) in [6.07, 6.45) is 8.15. The Morgan fingerprint density at radius 1 is 0.902 bits per heavy atom. The second-order valence-electron chi connectivity index (χ2n) is 16.1. The molecule has 4 aromatic rings. The Morgan fingerprint density at radius 2 is 1.59 bits per heavy atom. The van der Waals surface area contributed by atoms with E-state index >= 15 is 0 Å². The van der Waals surface area contributed by atoms with Crippen LogP contribution in [0.5, 0.6) is 11.5 Å². The van der Waals surface area contributed by atoms with Crippen LogP contribution in [0.4, 0.5) is 9.18 Å². The van der Waals surface area contributed by atoms with Gasteiger partial charge >= 0.3 is 6.09 Å². The van der Waals surface area contributed by atoms with Crippen LogP contribution < -0.4 is 9.47 Å². The minimum Gasteiger partial charge on any atom is -0.489 e. The molecule has 2 aliphatic carbocycles. The standard InChI is InChI=1S/C50H57FN2O8/c1-3-28-59-50-46(53(2)49(56)58-32-35-16-6-4-7-17-35)31-44(52-60-33-36-18-8-5-9-19-36)41-29-37(20-12-14-26-54)40(22-13-15-27-55)47(48(41)50)42-30-39(24-25-45(42)61-50)57-34-38-21-10-11-23-43(38)51/h3-11,16-19,21,23-25,29-30,37,40,46-48,54-55H,1,12-15,20,22,26-28,31-34H2,2H3. The predicted molar refractivity (Wildman–Crippen MR) is 231 cm³/mol. The molecule has 1 saturated carbocycles. The number of fused-ring (bicyclic) bond motifs is 2. The summed E-state index contributed by atoms with van der Waals surface area (Å²) in [6, 6.07) is 30.9. The van der Waals surface area contributed by atoms with Gasteiger partial charge in [0, 0.05) is 43.7 Å². The molecule has 0 bridgehead atoms. The third kappa shape index (κ3) is 10.0. The van der Waals surface area contributed by atoms with Crippen molar-refractivity contribution in [1.29, 1.82) is 0 Å². The fourth-order valence-corrected chi connectivity index (χ4v) is 9.30. The number of aliphatic hydroxyl groups excluding tert-OH is 2. The number of oxime groups is 1. The SMILES string of the molecule is C=CCOC12Oc3ccc(OCc4ccccc4F)cc3C3C(CCCCO)C(CCCCO)C=C(C(=NOCc4ccccc4)CC1N(C)C(=O)OCc1ccccc1)C32. The van der Waals surface area contributed by atoms with E-state index in [2.05, 4.69) is 12.7 Å². The zero-order chi connectivity index (χ0) is 42.6. The second kappa shape index (κ2) is 20.9. The van der Waals surface area contributed by atoms with Gasteiger partial charge in [-0.1, -0.05) is 109 Å². The van der Waals surface area contributed by atoms with Gasteiger partial charge in [-0.05, 0) is 78.5 Å². The fourth-order valence-electron chi connectivity index (χ4n) is 9.30. The molecule has 3 aliphatic rings. The number of amides is 1. The first-order valence-electron chi connectivity index (χ1n) is 21.4. The molecule has 10 nitrogen and oxygen atoms in total. The number of ether oxygens (including phenoxy) is 4. The highest BCUT2D eigenvalue weighted by Crippen LogP contribution is 2.62. The highest BCUT2D eigenvalue weighted by molar-refractivity contribution is 6.03. The summed E-state index contributed by atoms with van der Waals surface area (Å²) in [5, 5.41) is 24.7. The molecule has 6 atom stereocenters. The van der Waals surface area contributed by atoms with Crippen molar-refractivity contribution in [3.8, 4) is 11.5 Å². The number of unbranched alkanes of at least 4 members (excludes halogenated alkanes) is 2. The lowest BCUT2D eigenvalue weighted by atomic mass is 9.55. The maximum absolute atomic E-state index is 14.7. The van der Waals surface area contributed by atoms with Crippen molar-refractivity contribution in [1.82, 2.24) is 4.90 Å². The van der Waals surface area contributed by atoms with Crippen LogP contribution in [-0.2, 0) is 34.1 Å². The molecule has 0 saturated heterocycles. The Bertz CT molecular complexity index is 2130. The van der Waals surface area contributed by atoms with Crippen LogP contribution in [0, 0.1) is 23.6 Å². The van der Waals surface area contributed by atoms with Crippen LogP contribution in [0.15, 0.2) is 133 Å². The number of likely N-dealkylation sites (N-methyl/N-ethyl adjacent to an activating group) is 1. The number of carbonyl (C=O) groups is 1. The third-order valence-corrected chi connectivity index (χ3v) is 12.2. The van der Waals surface area contributed by atoms with Crippen LogP contribution in [0.2, 0.25) is 0 Å². The summed E-state index contributed by atoms with van der Waals surface area (Å²) in [4.78, 5) is 21.9. The first kappa shape index (κ1) is 43.6. The Balaban J connectivity index is 1.37. The fraction of sp³-hybridized carbons (Fsp3) is 0.400. The van der Waals surface area contributed by atoms with Crippen molar-refractivity contribution in [3.63, 3.8) is 0 Å². The summed E-state index contributed by atoms with van der Waals surface area (Å²) in [7, 11) is 1.71. The molecule has 322 valence electrons. The van der Waals surface area contributed by atoms with E-state index in [0.717, 1.165) is 47.9 Å². The molecular formula is C50H57FN2O8. The quantitative estimate of drug-likeness (QED) is 0.0514. The zero-order valence-corrected chi connectivity index (χ0v) is 34.9.